The van der Waals surface area contributed by atoms with Crippen molar-refractivity contribution in [2.24, 2.45) is 0 Å². The molecule has 0 aromatic heterocycles. The molecule has 274 valence electrons. The maximum absolute atomic E-state index is 2.64. The van der Waals surface area contributed by atoms with Gasteiger partial charge in [0.05, 0.1) is 0 Å². The Morgan fingerprint density at radius 1 is 0.429 bits per heavy atom. The molecule has 0 spiro atoms. The van der Waals surface area contributed by atoms with E-state index in [2.05, 4.69) is 185 Å². The van der Waals surface area contributed by atoms with Gasteiger partial charge >= 0.3 is 0 Å². The molecular weight excluding hydrogens is 686 g/mol. The maximum atomic E-state index is 2.64. The van der Waals surface area contributed by atoms with Crippen molar-refractivity contribution in [1.29, 1.82) is 0 Å². The Morgan fingerprint density at radius 3 is 1.54 bits per heavy atom. The van der Waals surface area contributed by atoms with E-state index in [-0.39, 0.29) is 6.71 Å². The van der Waals surface area contributed by atoms with Crippen molar-refractivity contribution in [3.63, 3.8) is 0 Å². The number of hydrogen-bond donors (Lipinski definition) is 0. The number of rotatable bonds is 5. The van der Waals surface area contributed by atoms with Crippen LogP contribution < -0.4 is 37.7 Å². The van der Waals surface area contributed by atoms with Crippen LogP contribution in [0.2, 0.25) is 13.1 Å². The summed E-state index contributed by atoms with van der Waals surface area (Å²) in [6.07, 6.45) is 0. The number of fused-ring (bicyclic) bond motifs is 6. The minimum absolute atomic E-state index is 0.156. The van der Waals surface area contributed by atoms with Crippen LogP contribution in [-0.2, 0) is 0 Å². The summed E-state index contributed by atoms with van der Waals surface area (Å²) in [6, 6.07) is 43.3. The molecule has 0 unspecified atom stereocenters. The number of aryl methyl sites for hydroxylation is 9. The highest BCUT2D eigenvalue weighted by atomic mass is 28.3. The Bertz CT molecular complexity index is 2840. The molecule has 0 N–H and O–H groups in total. The molecule has 8 aromatic carbocycles. The van der Waals surface area contributed by atoms with E-state index in [1.807, 2.05) is 0 Å². The van der Waals surface area contributed by atoms with Gasteiger partial charge in [0.15, 0.2) is 7.28 Å². The van der Waals surface area contributed by atoms with Gasteiger partial charge in [0.2, 0.25) is 6.71 Å². The Morgan fingerprint density at radius 2 is 0.946 bits per heavy atom. The predicted molar refractivity (Wildman–Crippen MR) is 254 cm³/mol. The first-order valence-corrected chi connectivity index (χ1v) is 23.5. The third-order valence-corrected chi connectivity index (χ3v) is 16.9. The first kappa shape index (κ1) is 36.5. The smallest absolute Gasteiger partial charge is 0.0728 e. The van der Waals surface area contributed by atoms with Crippen molar-refractivity contribution in [2.45, 2.75) is 75.4 Å². The van der Waals surface area contributed by atoms with E-state index in [9.17, 15) is 0 Å². The van der Waals surface area contributed by atoms with E-state index in [1.54, 1.807) is 10.4 Å². The van der Waals surface area contributed by atoms with Crippen molar-refractivity contribution in [3.05, 3.63) is 159 Å². The fourth-order valence-electron chi connectivity index (χ4n) is 11.1. The predicted octanol–water partition coefficient (Wildman–Crippen LogP) is 8.63. The summed E-state index contributed by atoms with van der Waals surface area (Å²) in [5.74, 6) is 0. The molecule has 1 aliphatic rings. The highest BCUT2D eigenvalue weighted by Crippen LogP contribution is 2.40. The van der Waals surface area contributed by atoms with Crippen LogP contribution in [0.4, 0.5) is 0 Å². The lowest BCUT2D eigenvalue weighted by Gasteiger charge is -2.35. The summed E-state index contributed by atoms with van der Waals surface area (Å²) in [5, 5.41) is 11.4. The summed E-state index contributed by atoms with van der Waals surface area (Å²) in [6.45, 7) is 25.8. The van der Waals surface area contributed by atoms with Crippen LogP contribution >= 0.6 is 0 Å². The lowest BCUT2D eigenvalue weighted by molar-refractivity contribution is 1.34. The van der Waals surface area contributed by atoms with Crippen LogP contribution in [0.15, 0.2) is 109 Å². The zero-order chi connectivity index (χ0) is 39.4. The molecule has 0 amide bonds. The van der Waals surface area contributed by atoms with Crippen LogP contribution in [0.1, 0.15) is 50.1 Å². The molecule has 0 atom stereocenters. The van der Waals surface area contributed by atoms with Gasteiger partial charge in [-0.15, -0.1) is 0 Å². The normalized spacial score (nSPS) is 13.1. The Kier molecular flexibility index (Phi) is 8.64. The summed E-state index contributed by atoms with van der Waals surface area (Å²) >= 11 is 0. The lowest BCUT2D eigenvalue weighted by Crippen LogP contribution is -2.60. The molecule has 0 aliphatic carbocycles. The fourth-order valence-corrected chi connectivity index (χ4v) is 14.2. The van der Waals surface area contributed by atoms with Gasteiger partial charge in [0.25, 0.3) is 0 Å². The first-order valence-electron chi connectivity index (χ1n) is 20.5. The SMILES string of the molecule is Cc1cc(C)c(Bc2cc3c4cccc5c4c(cc3c3ccccc23)-c2ccc(B(c3c(C)cc(C)cc3C)c3c(C)cc(C)cc3C)cc2[Si]5(C)C)c(C)c1. The second-order valence-electron chi connectivity index (χ2n) is 17.9. The molecule has 1 aliphatic heterocycles. The number of hydrogen-bond acceptors (Lipinski definition) is 0. The molecule has 1 heterocycles. The summed E-state index contributed by atoms with van der Waals surface area (Å²) in [4.78, 5) is 0. The molecule has 0 bridgehead atoms. The Balaban J connectivity index is 1.31. The second kappa shape index (κ2) is 13.2. The van der Waals surface area contributed by atoms with Crippen molar-refractivity contribution in [2.75, 3.05) is 0 Å². The maximum Gasteiger partial charge on any atom is 0.242 e. The third kappa shape index (κ3) is 5.65. The molecule has 8 aromatic rings. The monoisotopic (exact) mass is 738 g/mol. The molecule has 9 rings (SSSR count). The average molecular weight is 739 g/mol. The zero-order valence-corrected chi connectivity index (χ0v) is 36.2. The molecule has 0 saturated carbocycles. The largest absolute Gasteiger partial charge is 0.242 e. The molecule has 0 nitrogen and oxygen atoms in total. The Hall–Kier alpha value is -5.11. The standard InChI is InChI=1S/C53H52B2Si/c1-30-21-33(4)51(34(5)22-30)54-47-29-45-43-17-14-18-48-50(43)46(28-44(45)40-15-12-13-16-41(40)47)42-20-19-39(27-49(42)56(48,10)11)55(52-35(6)23-31(2)24-36(52)7)53-37(8)25-32(3)26-38(53)9/h12-29,54H,1-11H3. The molecule has 0 fully saturated rings. The van der Waals surface area contributed by atoms with Crippen molar-refractivity contribution < 1.29 is 0 Å². The van der Waals surface area contributed by atoms with Crippen molar-refractivity contribution >= 4 is 92.1 Å². The number of benzene rings is 8. The molecular formula is C53H52B2Si. The van der Waals surface area contributed by atoms with Gasteiger partial charge in [-0.3, -0.25) is 0 Å². The minimum atomic E-state index is -2.15. The van der Waals surface area contributed by atoms with E-state index < -0.39 is 8.07 Å². The van der Waals surface area contributed by atoms with E-state index in [0.717, 1.165) is 7.28 Å². The van der Waals surface area contributed by atoms with E-state index in [1.165, 1.54) is 121 Å². The van der Waals surface area contributed by atoms with Gasteiger partial charge in [0, 0.05) is 0 Å². The lowest BCUT2D eigenvalue weighted by atomic mass is 9.34. The molecule has 0 saturated heterocycles. The van der Waals surface area contributed by atoms with Gasteiger partial charge in [-0.2, -0.15) is 0 Å². The van der Waals surface area contributed by atoms with Crippen LogP contribution in [0.5, 0.6) is 0 Å². The van der Waals surface area contributed by atoms with Crippen LogP contribution in [0, 0.1) is 62.3 Å². The first-order chi connectivity index (χ1) is 26.7. The molecule has 3 heteroatoms. The third-order valence-electron chi connectivity index (χ3n) is 13.4. The highest BCUT2D eigenvalue weighted by Gasteiger charge is 2.38. The zero-order valence-electron chi connectivity index (χ0n) is 35.2. The van der Waals surface area contributed by atoms with Gasteiger partial charge in [0.1, 0.15) is 8.07 Å². The quantitative estimate of drug-likeness (QED) is 0.123. The average Bonchev–Trinajstić information content (AvgIpc) is 3.13. The molecule has 0 radical (unpaired) electrons. The van der Waals surface area contributed by atoms with Gasteiger partial charge in [-0.25, -0.2) is 0 Å². The minimum Gasteiger partial charge on any atom is -0.0728 e. The van der Waals surface area contributed by atoms with E-state index in [0.29, 0.717) is 0 Å². The van der Waals surface area contributed by atoms with Gasteiger partial charge < -0.3 is 0 Å². The van der Waals surface area contributed by atoms with E-state index in [4.69, 9.17) is 0 Å². The van der Waals surface area contributed by atoms with Crippen molar-refractivity contribution in [1.82, 2.24) is 0 Å². The van der Waals surface area contributed by atoms with Gasteiger partial charge in [-0.05, 0) is 122 Å². The second-order valence-corrected chi connectivity index (χ2v) is 22.2. The van der Waals surface area contributed by atoms with Crippen LogP contribution in [0.3, 0.4) is 0 Å². The van der Waals surface area contributed by atoms with Gasteiger partial charge in [-0.1, -0.05) is 194 Å². The van der Waals surface area contributed by atoms with E-state index >= 15 is 0 Å². The fraction of sp³-hybridized carbons (Fsp3) is 0.208. The summed E-state index contributed by atoms with van der Waals surface area (Å²) in [7, 11) is -1.21. The van der Waals surface area contributed by atoms with Crippen LogP contribution in [0.25, 0.3) is 43.4 Å². The summed E-state index contributed by atoms with van der Waals surface area (Å²) in [5.41, 5.74) is 22.3. The topological polar surface area (TPSA) is 0 Å². The summed E-state index contributed by atoms with van der Waals surface area (Å²) < 4.78 is 0. The molecule has 56 heavy (non-hydrogen) atoms. The highest BCUT2D eigenvalue weighted by molar-refractivity contribution is 7.04. The van der Waals surface area contributed by atoms with Crippen LogP contribution in [-0.4, -0.2) is 22.1 Å². The Labute approximate surface area is 336 Å². The van der Waals surface area contributed by atoms with Crippen molar-refractivity contribution in [3.8, 4) is 11.1 Å².